The van der Waals surface area contributed by atoms with Gasteiger partial charge in [0.1, 0.15) is 0 Å². The number of hydrogen-bond acceptors (Lipinski definition) is 5. The first-order chi connectivity index (χ1) is 11.4. The lowest BCUT2D eigenvalue weighted by atomic mass is 10.1. The van der Waals surface area contributed by atoms with Crippen molar-refractivity contribution < 1.29 is 23.6 Å². The fraction of sp³-hybridized carbons (Fsp3) is 0.429. The number of amides is 2. The van der Waals surface area contributed by atoms with E-state index >= 15 is 0 Å². The molecule has 0 radical (unpaired) electrons. The first kappa shape index (κ1) is 21.7. The Labute approximate surface area is 143 Å². The third-order valence-corrected chi connectivity index (χ3v) is 2.70. The molecule has 1 unspecified atom stereocenters. The van der Waals surface area contributed by atoms with E-state index in [2.05, 4.69) is 10.6 Å². The molecule has 0 aliphatic carbocycles. The topological polar surface area (TPSA) is 111 Å². The van der Waals surface area contributed by atoms with Crippen molar-refractivity contribution in [3.63, 3.8) is 0 Å². The number of methoxy groups -OCH3 is 1. The molecule has 0 aliphatic heterocycles. The Morgan fingerprint density at radius 1 is 1.42 bits per heavy atom. The summed E-state index contributed by atoms with van der Waals surface area (Å²) in [4.78, 5) is 33.3. The van der Waals surface area contributed by atoms with Gasteiger partial charge in [-0.1, -0.05) is 25.4 Å². The lowest BCUT2D eigenvalue weighted by Crippen LogP contribution is -2.29. The van der Waals surface area contributed by atoms with Gasteiger partial charge in [-0.05, 0) is 6.07 Å². The molecule has 0 saturated heterocycles. The van der Waals surface area contributed by atoms with E-state index < -0.39 is 22.4 Å². The van der Waals surface area contributed by atoms with Gasteiger partial charge in [0.2, 0.25) is 0 Å². The zero-order valence-corrected chi connectivity index (χ0v) is 14.2. The van der Waals surface area contributed by atoms with Crippen LogP contribution in [0.2, 0.25) is 0 Å². The quantitative estimate of drug-likeness (QED) is 0.334. The summed E-state index contributed by atoms with van der Waals surface area (Å²) in [5.41, 5.74) is -2.93. The number of benzene rings is 1. The van der Waals surface area contributed by atoms with Gasteiger partial charge < -0.3 is 15.4 Å². The van der Waals surface area contributed by atoms with Crippen LogP contribution in [0.4, 0.5) is 15.8 Å². The number of nitrogens with zero attached hydrogens (tertiary/aromatic N) is 1. The second-order valence-electron chi connectivity index (χ2n) is 4.03. The van der Waals surface area contributed by atoms with Crippen molar-refractivity contribution in [1.29, 1.82) is 0 Å². The maximum atomic E-state index is 12.7. The van der Waals surface area contributed by atoms with E-state index in [0.29, 0.717) is 0 Å². The Balaban J connectivity index is 0.00000254. The smallest absolute Gasteiger partial charge is 0.274 e. The minimum absolute atomic E-state index is 0.0891. The molecule has 0 saturated carbocycles. The van der Waals surface area contributed by atoms with Crippen LogP contribution in [0.3, 0.4) is 0 Å². The molecule has 1 rings (SSSR count). The van der Waals surface area contributed by atoms with Crippen LogP contribution < -0.4 is 10.6 Å². The standard InChI is InChI=1S/C12H13ClFN3O5.C2H6/c1-22-5-4-15-11(18)8-6-7(17(20)21)2-3-9(8)16-12(19)10(13)14;1-2/h2-3,6,10H,4-5H2,1H3,(H,15,18)(H,16,19);1-2H3. The maximum absolute atomic E-state index is 12.7. The molecule has 0 fully saturated rings. The van der Waals surface area contributed by atoms with Crippen LogP contribution in [-0.4, -0.2) is 42.6 Å². The van der Waals surface area contributed by atoms with E-state index in [4.69, 9.17) is 16.3 Å². The Kier molecular flexibility index (Phi) is 10.2. The lowest BCUT2D eigenvalue weighted by molar-refractivity contribution is -0.384. The zero-order chi connectivity index (χ0) is 18.7. The van der Waals surface area contributed by atoms with Crippen molar-refractivity contribution in [3.8, 4) is 0 Å². The van der Waals surface area contributed by atoms with E-state index in [9.17, 15) is 24.1 Å². The average Bonchev–Trinajstić information content (AvgIpc) is 2.56. The minimum atomic E-state index is -2.31. The summed E-state index contributed by atoms with van der Waals surface area (Å²) in [6, 6.07) is 3.17. The molecule has 2 amide bonds. The number of rotatable bonds is 7. The number of carbonyl (C=O) groups is 2. The molecule has 2 N–H and O–H groups in total. The molecule has 0 spiro atoms. The van der Waals surface area contributed by atoms with Crippen molar-refractivity contribution in [2.75, 3.05) is 25.6 Å². The number of alkyl halides is 2. The maximum Gasteiger partial charge on any atom is 0.274 e. The summed E-state index contributed by atoms with van der Waals surface area (Å²) in [6.07, 6.45) is 0. The summed E-state index contributed by atoms with van der Waals surface area (Å²) in [5.74, 6) is -1.86. The van der Waals surface area contributed by atoms with E-state index in [-0.39, 0.29) is 30.1 Å². The lowest BCUT2D eigenvalue weighted by Gasteiger charge is -2.11. The normalized spacial score (nSPS) is 10.9. The number of non-ortho nitro benzene ring substituents is 1. The summed E-state index contributed by atoms with van der Waals surface area (Å²) < 4.78 is 17.5. The Bertz CT molecular complexity index is 584. The number of halogens is 2. The molecular weight excluding hydrogens is 345 g/mol. The second-order valence-corrected chi connectivity index (χ2v) is 4.41. The van der Waals surface area contributed by atoms with Gasteiger partial charge in [0, 0.05) is 25.8 Å². The molecule has 1 aromatic carbocycles. The van der Waals surface area contributed by atoms with Gasteiger partial charge in [-0.15, -0.1) is 0 Å². The van der Waals surface area contributed by atoms with E-state index in [1.807, 2.05) is 13.8 Å². The number of anilines is 1. The van der Waals surface area contributed by atoms with Crippen molar-refractivity contribution in [3.05, 3.63) is 33.9 Å². The summed E-state index contributed by atoms with van der Waals surface area (Å²) in [7, 11) is 1.44. The fourth-order valence-corrected chi connectivity index (χ4v) is 1.55. The minimum Gasteiger partial charge on any atom is -0.383 e. The Hall–Kier alpha value is -2.26. The van der Waals surface area contributed by atoms with Gasteiger partial charge in [0.15, 0.2) is 0 Å². The van der Waals surface area contributed by atoms with Gasteiger partial charge >= 0.3 is 0 Å². The number of carbonyl (C=O) groups excluding carboxylic acids is 2. The van der Waals surface area contributed by atoms with Crippen LogP contribution in [0.15, 0.2) is 18.2 Å². The van der Waals surface area contributed by atoms with Crippen molar-refractivity contribution in [2.24, 2.45) is 0 Å². The molecule has 10 heteroatoms. The van der Waals surface area contributed by atoms with Crippen molar-refractivity contribution in [2.45, 2.75) is 19.5 Å². The van der Waals surface area contributed by atoms with Gasteiger partial charge in [0.05, 0.1) is 22.8 Å². The highest BCUT2D eigenvalue weighted by molar-refractivity contribution is 6.31. The molecule has 1 atom stereocenters. The monoisotopic (exact) mass is 363 g/mol. The van der Waals surface area contributed by atoms with Crippen LogP contribution in [-0.2, 0) is 9.53 Å². The zero-order valence-electron chi connectivity index (χ0n) is 13.5. The van der Waals surface area contributed by atoms with Gasteiger partial charge in [-0.2, -0.15) is 0 Å². The van der Waals surface area contributed by atoms with E-state index in [1.165, 1.54) is 7.11 Å². The van der Waals surface area contributed by atoms with Crippen molar-refractivity contribution >= 4 is 34.8 Å². The Morgan fingerprint density at radius 3 is 2.54 bits per heavy atom. The molecule has 0 aliphatic rings. The second kappa shape index (κ2) is 11.3. The summed E-state index contributed by atoms with van der Waals surface area (Å²) >= 11 is 4.99. The predicted molar refractivity (Wildman–Crippen MR) is 88.0 cm³/mol. The number of nitro groups is 1. The van der Waals surface area contributed by atoms with Crippen LogP contribution in [0.5, 0.6) is 0 Å². The molecule has 0 heterocycles. The molecule has 134 valence electrons. The highest BCUT2D eigenvalue weighted by Gasteiger charge is 2.20. The number of nitro benzene ring substituents is 1. The largest absolute Gasteiger partial charge is 0.383 e. The summed E-state index contributed by atoms with van der Waals surface area (Å²) in [5, 5.41) is 15.3. The third kappa shape index (κ3) is 6.88. The number of ether oxygens (including phenoxy) is 1. The SMILES string of the molecule is CC.COCCNC(=O)c1cc([N+](=O)[O-])ccc1NC(=O)C(F)Cl. The molecule has 0 aromatic heterocycles. The molecular formula is C14H19ClFN3O5. The molecule has 0 bridgehead atoms. The first-order valence-electron chi connectivity index (χ1n) is 7.01. The van der Waals surface area contributed by atoms with Gasteiger partial charge in [-0.25, -0.2) is 4.39 Å². The van der Waals surface area contributed by atoms with Gasteiger partial charge in [0.25, 0.3) is 23.1 Å². The highest BCUT2D eigenvalue weighted by Crippen LogP contribution is 2.22. The number of hydrogen-bond donors (Lipinski definition) is 2. The third-order valence-electron chi connectivity index (χ3n) is 2.51. The van der Waals surface area contributed by atoms with Crippen LogP contribution in [0, 0.1) is 10.1 Å². The number of nitrogens with one attached hydrogen (secondary N) is 2. The predicted octanol–water partition coefficient (Wildman–Crippen LogP) is 2.47. The van der Waals surface area contributed by atoms with Crippen LogP contribution >= 0.6 is 11.6 Å². The highest BCUT2D eigenvalue weighted by atomic mass is 35.5. The fourth-order valence-electron chi connectivity index (χ4n) is 1.49. The summed E-state index contributed by atoms with van der Waals surface area (Å²) in [6.45, 7) is 4.39. The average molecular weight is 364 g/mol. The Morgan fingerprint density at radius 2 is 2.04 bits per heavy atom. The van der Waals surface area contributed by atoms with E-state index in [1.54, 1.807) is 0 Å². The van der Waals surface area contributed by atoms with Crippen LogP contribution in [0.25, 0.3) is 0 Å². The van der Waals surface area contributed by atoms with Crippen molar-refractivity contribution in [1.82, 2.24) is 5.32 Å². The van der Waals surface area contributed by atoms with E-state index in [0.717, 1.165) is 18.2 Å². The van der Waals surface area contributed by atoms with Crippen LogP contribution in [0.1, 0.15) is 24.2 Å². The first-order valence-corrected chi connectivity index (χ1v) is 7.45. The molecule has 8 nitrogen and oxygen atoms in total. The molecule has 24 heavy (non-hydrogen) atoms. The van der Waals surface area contributed by atoms with Gasteiger partial charge in [-0.3, -0.25) is 19.7 Å². The molecule has 1 aromatic rings.